The van der Waals surface area contributed by atoms with Gasteiger partial charge in [-0.05, 0) is 12.5 Å². The summed E-state index contributed by atoms with van der Waals surface area (Å²) in [5.74, 6) is 0. The Kier molecular flexibility index (Phi) is 1.47. The highest BCUT2D eigenvalue weighted by molar-refractivity contribution is 5.25. The SMILES string of the molecule is OCc1ccn2c1[C@@H](O)CC2. The lowest BCUT2D eigenvalue weighted by Gasteiger charge is -2.02. The largest absolute Gasteiger partial charge is 0.392 e. The summed E-state index contributed by atoms with van der Waals surface area (Å²) in [6.45, 7) is 0.899. The smallest absolute Gasteiger partial charge is 0.0960 e. The molecule has 2 N–H and O–H groups in total. The van der Waals surface area contributed by atoms with E-state index >= 15 is 0 Å². The molecule has 0 unspecified atom stereocenters. The summed E-state index contributed by atoms with van der Waals surface area (Å²) in [5, 5.41) is 18.3. The molecule has 0 saturated heterocycles. The van der Waals surface area contributed by atoms with Crippen molar-refractivity contribution >= 4 is 0 Å². The number of aliphatic hydroxyl groups is 2. The second-order valence-corrected chi connectivity index (χ2v) is 2.88. The molecule has 0 aromatic carbocycles. The third kappa shape index (κ3) is 0.886. The van der Waals surface area contributed by atoms with Gasteiger partial charge in [0, 0.05) is 18.3 Å². The maximum atomic E-state index is 9.45. The summed E-state index contributed by atoms with van der Waals surface area (Å²) in [6.07, 6.45) is 2.33. The van der Waals surface area contributed by atoms with Crippen molar-refractivity contribution in [2.75, 3.05) is 0 Å². The van der Waals surface area contributed by atoms with Crippen molar-refractivity contribution in [3.05, 3.63) is 23.5 Å². The Hall–Kier alpha value is -0.800. The van der Waals surface area contributed by atoms with Gasteiger partial charge in [-0.1, -0.05) is 0 Å². The lowest BCUT2D eigenvalue weighted by molar-refractivity contribution is 0.175. The van der Waals surface area contributed by atoms with E-state index in [9.17, 15) is 5.11 Å². The normalized spacial score (nSPS) is 22.2. The predicted octanol–water partition coefficient (Wildman–Crippen LogP) is 0.418. The Labute approximate surface area is 64.9 Å². The molecule has 60 valence electrons. The molecule has 1 aliphatic rings. The van der Waals surface area contributed by atoms with Crippen LogP contribution in [0.15, 0.2) is 12.3 Å². The van der Waals surface area contributed by atoms with Crippen LogP contribution in [0.25, 0.3) is 0 Å². The molecule has 1 atom stereocenters. The van der Waals surface area contributed by atoms with Crippen LogP contribution in [0.1, 0.15) is 23.8 Å². The van der Waals surface area contributed by atoms with Crippen molar-refractivity contribution < 1.29 is 10.2 Å². The van der Waals surface area contributed by atoms with Gasteiger partial charge in [-0.25, -0.2) is 0 Å². The number of fused-ring (bicyclic) bond motifs is 1. The Morgan fingerprint density at radius 2 is 2.45 bits per heavy atom. The summed E-state index contributed by atoms with van der Waals surface area (Å²) in [6, 6.07) is 1.86. The van der Waals surface area contributed by atoms with Gasteiger partial charge in [0.25, 0.3) is 0 Å². The van der Waals surface area contributed by atoms with Gasteiger partial charge in [-0.15, -0.1) is 0 Å². The first kappa shape index (κ1) is 6.88. The van der Waals surface area contributed by atoms with Gasteiger partial charge < -0.3 is 14.8 Å². The maximum absolute atomic E-state index is 9.45. The number of hydrogen-bond acceptors (Lipinski definition) is 2. The minimum absolute atomic E-state index is 0.0272. The molecule has 1 aromatic heterocycles. The van der Waals surface area contributed by atoms with Gasteiger partial charge in [0.15, 0.2) is 0 Å². The van der Waals surface area contributed by atoms with Crippen LogP contribution in [0.3, 0.4) is 0 Å². The third-order valence-electron chi connectivity index (χ3n) is 2.22. The van der Waals surface area contributed by atoms with Gasteiger partial charge in [0.2, 0.25) is 0 Å². The molecule has 0 radical (unpaired) electrons. The van der Waals surface area contributed by atoms with Crippen molar-refractivity contribution in [1.82, 2.24) is 4.57 Å². The lowest BCUT2D eigenvalue weighted by atomic mass is 10.1. The molecule has 0 fully saturated rings. The lowest BCUT2D eigenvalue weighted by Crippen LogP contribution is -1.96. The molecular formula is C8H11NO2. The molecule has 0 saturated carbocycles. The average molecular weight is 153 g/mol. The number of aromatic nitrogens is 1. The van der Waals surface area contributed by atoms with Crippen LogP contribution in [-0.4, -0.2) is 14.8 Å². The second-order valence-electron chi connectivity index (χ2n) is 2.88. The van der Waals surface area contributed by atoms with E-state index < -0.39 is 0 Å². The molecule has 1 aliphatic heterocycles. The van der Waals surface area contributed by atoms with Gasteiger partial charge in [-0.3, -0.25) is 0 Å². The Morgan fingerprint density at radius 3 is 3.18 bits per heavy atom. The summed E-state index contributed by atoms with van der Waals surface area (Å²) < 4.78 is 2.00. The van der Waals surface area contributed by atoms with Gasteiger partial charge in [-0.2, -0.15) is 0 Å². The maximum Gasteiger partial charge on any atom is 0.0960 e. The van der Waals surface area contributed by atoms with Crippen LogP contribution in [0, 0.1) is 0 Å². The predicted molar refractivity (Wildman–Crippen MR) is 39.9 cm³/mol. The molecule has 3 heteroatoms. The number of hydrogen-bond donors (Lipinski definition) is 2. The molecule has 2 heterocycles. The highest BCUT2D eigenvalue weighted by Crippen LogP contribution is 2.29. The zero-order chi connectivity index (χ0) is 7.84. The number of rotatable bonds is 1. The fourth-order valence-corrected chi connectivity index (χ4v) is 1.66. The summed E-state index contributed by atoms with van der Waals surface area (Å²) in [5.41, 5.74) is 1.75. The van der Waals surface area contributed by atoms with E-state index in [1.54, 1.807) is 0 Å². The van der Waals surface area contributed by atoms with Crippen LogP contribution in [0.5, 0.6) is 0 Å². The van der Waals surface area contributed by atoms with E-state index in [0.717, 1.165) is 24.2 Å². The number of aliphatic hydroxyl groups excluding tert-OH is 2. The second kappa shape index (κ2) is 2.36. The Balaban J connectivity index is 2.46. The minimum Gasteiger partial charge on any atom is -0.392 e. The zero-order valence-corrected chi connectivity index (χ0v) is 6.20. The minimum atomic E-state index is -0.368. The Morgan fingerprint density at radius 1 is 1.64 bits per heavy atom. The first-order valence-corrected chi connectivity index (χ1v) is 3.79. The van der Waals surface area contributed by atoms with Crippen LogP contribution in [0.2, 0.25) is 0 Å². The first-order chi connectivity index (χ1) is 5.33. The fraction of sp³-hybridized carbons (Fsp3) is 0.500. The van der Waals surface area contributed by atoms with Gasteiger partial charge >= 0.3 is 0 Å². The first-order valence-electron chi connectivity index (χ1n) is 3.79. The van der Waals surface area contributed by atoms with Crippen LogP contribution in [-0.2, 0) is 13.2 Å². The van der Waals surface area contributed by atoms with E-state index in [2.05, 4.69) is 0 Å². The molecule has 1 aromatic rings. The molecule has 0 spiro atoms. The van der Waals surface area contributed by atoms with Crippen molar-refractivity contribution in [3.63, 3.8) is 0 Å². The molecule has 0 bridgehead atoms. The molecule has 3 nitrogen and oxygen atoms in total. The van der Waals surface area contributed by atoms with E-state index in [4.69, 9.17) is 5.11 Å². The summed E-state index contributed by atoms with van der Waals surface area (Å²) in [7, 11) is 0. The van der Waals surface area contributed by atoms with Crippen LogP contribution in [0.4, 0.5) is 0 Å². The average Bonchev–Trinajstić information content (AvgIpc) is 2.54. The highest BCUT2D eigenvalue weighted by Gasteiger charge is 2.22. The standard InChI is InChI=1S/C8H11NO2/c10-5-6-1-3-9-4-2-7(11)8(6)9/h1,3,7,10-11H,2,4-5H2/t7-/m0/s1. The topological polar surface area (TPSA) is 45.4 Å². The number of nitrogens with zero attached hydrogens (tertiary/aromatic N) is 1. The molecule has 0 amide bonds. The van der Waals surface area contributed by atoms with E-state index in [-0.39, 0.29) is 12.7 Å². The van der Waals surface area contributed by atoms with Crippen LogP contribution < -0.4 is 0 Å². The van der Waals surface area contributed by atoms with Crippen molar-refractivity contribution in [2.45, 2.75) is 25.7 Å². The van der Waals surface area contributed by atoms with Gasteiger partial charge in [0.05, 0.1) is 18.4 Å². The van der Waals surface area contributed by atoms with E-state index in [0.29, 0.717) is 0 Å². The monoisotopic (exact) mass is 153 g/mol. The Bertz CT molecular complexity index is 267. The van der Waals surface area contributed by atoms with Crippen molar-refractivity contribution in [1.29, 1.82) is 0 Å². The van der Waals surface area contributed by atoms with Crippen molar-refractivity contribution in [2.24, 2.45) is 0 Å². The van der Waals surface area contributed by atoms with Crippen LogP contribution >= 0.6 is 0 Å². The summed E-state index contributed by atoms with van der Waals surface area (Å²) >= 11 is 0. The molecule has 2 rings (SSSR count). The zero-order valence-electron chi connectivity index (χ0n) is 6.20. The van der Waals surface area contributed by atoms with Gasteiger partial charge in [0.1, 0.15) is 0 Å². The third-order valence-corrected chi connectivity index (χ3v) is 2.22. The number of aryl methyl sites for hydroxylation is 1. The quantitative estimate of drug-likeness (QED) is 0.614. The molecule has 11 heavy (non-hydrogen) atoms. The molecular weight excluding hydrogens is 142 g/mol. The van der Waals surface area contributed by atoms with E-state index in [1.165, 1.54) is 0 Å². The fourth-order valence-electron chi connectivity index (χ4n) is 1.66. The summed E-state index contributed by atoms with van der Waals surface area (Å²) in [4.78, 5) is 0. The van der Waals surface area contributed by atoms with E-state index in [1.807, 2.05) is 16.8 Å². The highest BCUT2D eigenvalue weighted by atomic mass is 16.3. The van der Waals surface area contributed by atoms with Crippen molar-refractivity contribution in [3.8, 4) is 0 Å². The molecule has 0 aliphatic carbocycles.